The molecule has 0 radical (unpaired) electrons. The van der Waals surface area contributed by atoms with Gasteiger partial charge in [0.15, 0.2) is 0 Å². The van der Waals surface area contributed by atoms with E-state index in [9.17, 15) is 4.79 Å². The molecule has 0 aliphatic carbocycles. The molecule has 0 aliphatic heterocycles. The molecular weight excluding hydrogens is 366 g/mol. The number of amides is 1. The molecule has 2 N–H and O–H groups in total. The minimum Gasteiger partial charge on any atom is -0.493 e. The number of aromatic nitrogens is 1. The van der Waals surface area contributed by atoms with Gasteiger partial charge in [-0.05, 0) is 50.2 Å². The molecule has 0 saturated carbocycles. The Labute approximate surface area is 170 Å². The number of para-hydroxylation sites is 3. The lowest BCUT2D eigenvalue weighted by molar-refractivity contribution is -0.116. The molecular formula is C23H25N3O3. The Morgan fingerprint density at radius 2 is 1.76 bits per heavy atom. The first-order valence-electron chi connectivity index (χ1n) is 9.56. The summed E-state index contributed by atoms with van der Waals surface area (Å²) in [6, 6.07) is 20.8. The van der Waals surface area contributed by atoms with Gasteiger partial charge >= 0.3 is 0 Å². The van der Waals surface area contributed by atoms with E-state index in [-0.39, 0.29) is 18.4 Å². The van der Waals surface area contributed by atoms with Gasteiger partial charge in [0.1, 0.15) is 17.3 Å². The number of carbonyl (C=O) groups is 1. The minimum atomic E-state index is -0.148. The SMILES string of the molecule is CC(C)Oc1ccccc1Nc1ccc(NC(=O)CCOc2ccccc2)nc1. The molecule has 0 atom stereocenters. The lowest BCUT2D eigenvalue weighted by atomic mass is 10.2. The fourth-order valence-corrected chi connectivity index (χ4v) is 2.61. The van der Waals surface area contributed by atoms with Crippen LogP contribution in [0.25, 0.3) is 0 Å². The van der Waals surface area contributed by atoms with Gasteiger partial charge < -0.3 is 20.1 Å². The number of rotatable bonds is 9. The van der Waals surface area contributed by atoms with Gasteiger partial charge in [-0.25, -0.2) is 4.98 Å². The van der Waals surface area contributed by atoms with Crippen LogP contribution in [0.4, 0.5) is 17.2 Å². The number of anilines is 3. The highest BCUT2D eigenvalue weighted by Crippen LogP contribution is 2.28. The Hall–Kier alpha value is -3.54. The third-order valence-corrected chi connectivity index (χ3v) is 3.90. The van der Waals surface area contributed by atoms with Crippen molar-refractivity contribution in [3.63, 3.8) is 0 Å². The summed E-state index contributed by atoms with van der Waals surface area (Å²) in [6.07, 6.45) is 2.00. The molecule has 1 aromatic heterocycles. The highest BCUT2D eigenvalue weighted by Gasteiger charge is 2.07. The van der Waals surface area contributed by atoms with Crippen LogP contribution in [-0.4, -0.2) is 23.6 Å². The number of carbonyl (C=O) groups excluding carboxylic acids is 1. The first kappa shape index (κ1) is 20.2. The monoisotopic (exact) mass is 391 g/mol. The molecule has 0 bridgehead atoms. The van der Waals surface area contributed by atoms with Crippen molar-refractivity contribution in [2.24, 2.45) is 0 Å². The summed E-state index contributed by atoms with van der Waals surface area (Å²) in [7, 11) is 0. The van der Waals surface area contributed by atoms with E-state index in [2.05, 4.69) is 15.6 Å². The minimum absolute atomic E-state index is 0.0829. The smallest absolute Gasteiger partial charge is 0.228 e. The zero-order valence-electron chi connectivity index (χ0n) is 16.6. The summed E-state index contributed by atoms with van der Waals surface area (Å²) in [4.78, 5) is 16.4. The Morgan fingerprint density at radius 3 is 2.48 bits per heavy atom. The number of ether oxygens (including phenoxy) is 2. The highest BCUT2D eigenvalue weighted by atomic mass is 16.5. The third-order valence-electron chi connectivity index (χ3n) is 3.90. The Bertz CT molecular complexity index is 912. The third kappa shape index (κ3) is 6.53. The molecule has 1 heterocycles. The van der Waals surface area contributed by atoms with Crippen LogP contribution in [0.3, 0.4) is 0 Å². The Morgan fingerprint density at radius 1 is 1.00 bits per heavy atom. The predicted octanol–water partition coefficient (Wildman–Crippen LogP) is 5.02. The molecule has 0 spiro atoms. The van der Waals surface area contributed by atoms with Crippen molar-refractivity contribution < 1.29 is 14.3 Å². The van der Waals surface area contributed by atoms with E-state index in [0.717, 1.165) is 22.9 Å². The molecule has 29 heavy (non-hydrogen) atoms. The van der Waals surface area contributed by atoms with Crippen LogP contribution in [-0.2, 0) is 4.79 Å². The highest BCUT2D eigenvalue weighted by molar-refractivity contribution is 5.89. The van der Waals surface area contributed by atoms with Crippen molar-refractivity contribution in [1.29, 1.82) is 0 Å². The van der Waals surface area contributed by atoms with Gasteiger partial charge in [-0.2, -0.15) is 0 Å². The van der Waals surface area contributed by atoms with E-state index in [0.29, 0.717) is 12.4 Å². The van der Waals surface area contributed by atoms with Gasteiger partial charge in [0.05, 0.1) is 36.7 Å². The van der Waals surface area contributed by atoms with Crippen molar-refractivity contribution in [3.8, 4) is 11.5 Å². The maximum absolute atomic E-state index is 12.1. The average molecular weight is 391 g/mol. The number of benzene rings is 2. The largest absolute Gasteiger partial charge is 0.493 e. The summed E-state index contributed by atoms with van der Waals surface area (Å²) < 4.78 is 11.3. The normalized spacial score (nSPS) is 10.4. The van der Waals surface area contributed by atoms with E-state index in [1.54, 1.807) is 12.3 Å². The molecule has 0 unspecified atom stereocenters. The van der Waals surface area contributed by atoms with Crippen molar-refractivity contribution in [2.45, 2.75) is 26.4 Å². The molecule has 6 heteroatoms. The fourth-order valence-electron chi connectivity index (χ4n) is 2.61. The van der Waals surface area contributed by atoms with E-state index in [1.165, 1.54) is 0 Å². The van der Waals surface area contributed by atoms with E-state index < -0.39 is 0 Å². The zero-order chi connectivity index (χ0) is 20.5. The van der Waals surface area contributed by atoms with Crippen LogP contribution in [0.5, 0.6) is 11.5 Å². The average Bonchev–Trinajstić information content (AvgIpc) is 2.71. The molecule has 1 amide bonds. The van der Waals surface area contributed by atoms with Crippen molar-refractivity contribution in [2.75, 3.05) is 17.2 Å². The molecule has 0 saturated heterocycles. The predicted molar refractivity (Wildman–Crippen MR) is 115 cm³/mol. The second-order valence-corrected chi connectivity index (χ2v) is 6.68. The van der Waals surface area contributed by atoms with Crippen LogP contribution >= 0.6 is 0 Å². The molecule has 3 aromatic rings. The molecule has 0 aliphatic rings. The number of nitrogens with zero attached hydrogens (tertiary/aromatic N) is 1. The van der Waals surface area contributed by atoms with Crippen molar-refractivity contribution in [3.05, 3.63) is 72.9 Å². The van der Waals surface area contributed by atoms with Crippen molar-refractivity contribution >= 4 is 23.1 Å². The quantitative estimate of drug-likeness (QED) is 0.536. The van der Waals surface area contributed by atoms with E-state index in [4.69, 9.17) is 9.47 Å². The lowest BCUT2D eigenvalue weighted by Crippen LogP contribution is -2.16. The summed E-state index contributed by atoms with van der Waals surface area (Å²) >= 11 is 0. The van der Waals surface area contributed by atoms with Crippen LogP contribution in [0, 0.1) is 0 Å². The fraction of sp³-hybridized carbons (Fsp3) is 0.217. The first-order chi connectivity index (χ1) is 14.1. The van der Waals surface area contributed by atoms with Crippen molar-refractivity contribution in [1.82, 2.24) is 4.98 Å². The lowest BCUT2D eigenvalue weighted by Gasteiger charge is -2.15. The van der Waals surface area contributed by atoms with E-state index >= 15 is 0 Å². The Balaban J connectivity index is 1.50. The van der Waals surface area contributed by atoms with Gasteiger partial charge in [0.2, 0.25) is 5.91 Å². The topological polar surface area (TPSA) is 72.5 Å². The van der Waals surface area contributed by atoms with E-state index in [1.807, 2.05) is 74.5 Å². The molecule has 3 rings (SSSR count). The molecule has 150 valence electrons. The number of pyridine rings is 1. The van der Waals surface area contributed by atoms with Crippen LogP contribution in [0.15, 0.2) is 72.9 Å². The molecule has 2 aromatic carbocycles. The van der Waals surface area contributed by atoms with Gasteiger partial charge in [-0.1, -0.05) is 30.3 Å². The summed E-state index contributed by atoms with van der Waals surface area (Å²) in [5.74, 6) is 1.87. The number of nitrogens with one attached hydrogen (secondary N) is 2. The molecule has 6 nitrogen and oxygen atoms in total. The van der Waals surface area contributed by atoms with Gasteiger partial charge in [-0.3, -0.25) is 4.79 Å². The second kappa shape index (κ2) is 10.1. The van der Waals surface area contributed by atoms with Crippen LogP contribution < -0.4 is 20.1 Å². The number of hydrogen-bond acceptors (Lipinski definition) is 5. The van der Waals surface area contributed by atoms with Crippen LogP contribution in [0.1, 0.15) is 20.3 Å². The Kier molecular flexibility index (Phi) is 7.05. The molecule has 0 fully saturated rings. The van der Waals surface area contributed by atoms with Crippen LogP contribution in [0.2, 0.25) is 0 Å². The summed E-state index contributed by atoms with van der Waals surface area (Å²) in [5.41, 5.74) is 1.66. The number of hydrogen-bond donors (Lipinski definition) is 2. The van der Waals surface area contributed by atoms with Gasteiger partial charge in [-0.15, -0.1) is 0 Å². The second-order valence-electron chi connectivity index (χ2n) is 6.68. The standard InChI is InChI=1S/C23H25N3O3/c1-17(2)29-21-11-7-6-10-20(21)25-18-12-13-22(24-16-18)26-23(27)14-15-28-19-8-4-3-5-9-19/h3-13,16-17,25H,14-15H2,1-2H3,(H,24,26,27). The first-order valence-corrected chi connectivity index (χ1v) is 9.56. The van der Waals surface area contributed by atoms with Gasteiger partial charge in [0.25, 0.3) is 0 Å². The maximum Gasteiger partial charge on any atom is 0.228 e. The zero-order valence-corrected chi connectivity index (χ0v) is 16.6. The van der Waals surface area contributed by atoms with Gasteiger partial charge in [0, 0.05) is 0 Å². The summed E-state index contributed by atoms with van der Waals surface area (Å²) in [5, 5.41) is 6.06. The maximum atomic E-state index is 12.1. The summed E-state index contributed by atoms with van der Waals surface area (Å²) in [6.45, 7) is 4.28.